The maximum Gasteiger partial charge on any atom is 0.180 e. The molecule has 0 amide bonds. The molecule has 1 unspecified atom stereocenters. The molecule has 0 heterocycles. The molecule has 0 spiro atoms. The van der Waals surface area contributed by atoms with Crippen molar-refractivity contribution in [3.05, 3.63) is 29.8 Å². The molecule has 1 atom stereocenters. The van der Waals surface area contributed by atoms with Gasteiger partial charge < -0.3 is 5.73 Å². The molecule has 2 N–H and O–H groups in total. The first-order valence-electron chi connectivity index (χ1n) is 4.47. The highest BCUT2D eigenvalue weighted by Gasteiger charge is 2.17. The fourth-order valence-corrected chi connectivity index (χ4v) is 3.06. The molecule has 1 aromatic rings. The van der Waals surface area contributed by atoms with Gasteiger partial charge >= 0.3 is 0 Å². The average Bonchev–Trinajstić information content (AvgIpc) is 2.02. The molecule has 14 heavy (non-hydrogen) atoms. The molecular weight excluding hydrogens is 198 g/mol. The van der Waals surface area contributed by atoms with Crippen molar-refractivity contribution in [3.63, 3.8) is 0 Å². The third kappa shape index (κ3) is 2.56. The van der Waals surface area contributed by atoms with E-state index in [9.17, 15) is 8.42 Å². The Morgan fingerprint density at radius 3 is 2.43 bits per heavy atom. The van der Waals surface area contributed by atoms with Crippen molar-refractivity contribution in [1.29, 1.82) is 0 Å². The lowest BCUT2D eigenvalue weighted by atomic mass is 10.2. The maximum atomic E-state index is 11.8. The second kappa shape index (κ2) is 4.11. The number of sulfone groups is 1. The standard InChI is InChI=1S/C10H15NO2S/c1-8-5-3-4-6-10(8)14(12,13)7-9(2)11/h3-6,9H,7,11H2,1-2H3. The van der Waals surface area contributed by atoms with Crippen molar-refractivity contribution >= 4 is 9.84 Å². The zero-order chi connectivity index (χ0) is 10.8. The third-order valence-electron chi connectivity index (χ3n) is 1.91. The first-order chi connectivity index (χ1) is 6.43. The lowest BCUT2D eigenvalue weighted by molar-refractivity contribution is 0.589. The summed E-state index contributed by atoms with van der Waals surface area (Å²) in [6, 6.07) is 6.61. The van der Waals surface area contributed by atoms with Gasteiger partial charge in [-0.05, 0) is 25.5 Å². The monoisotopic (exact) mass is 213 g/mol. The Labute approximate surface area is 84.9 Å². The molecule has 0 radical (unpaired) electrons. The number of hydrogen-bond acceptors (Lipinski definition) is 3. The van der Waals surface area contributed by atoms with E-state index in [1.807, 2.05) is 6.07 Å². The first-order valence-corrected chi connectivity index (χ1v) is 6.12. The lowest BCUT2D eigenvalue weighted by Gasteiger charge is -2.09. The molecule has 0 aromatic heterocycles. The van der Waals surface area contributed by atoms with E-state index in [2.05, 4.69) is 0 Å². The molecule has 0 bridgehead atoms. The van der Waals surface area contributed by atoms with E-state index in [0.29, 0.717) is 4.90 Å². The van der Waals surface area contributed by atoms with Crippen LogP contribution in [0.15, 0.2) is 29.2 Å². The van der Waals surface area contributed by atoms with Gasteiger partial charge in [0.25, 0.3) is 0 Å². The largest absolute Gasteiger partial charge is 0.327 e. The molecule has 1 rings (SSSR count). The van der Waals surface area contributed by atoms with E-state index in [-0.39, 0.29) is 11.8 Å². The van der Waals surface area contributed by atoms with Crippen LogP contribution in [0.5, 0.6) is 0 Å². The molecular formula is C10H15NO2S. The molecule has 0 aliphatic rings. The summed E-state index contributed by atoms with van der Waals surface area (Å²) in [5, 5.41) is 0. The summed E-state index contributed by atoms with van der Waals surface area (Å²) < 4.78 is 23.6. The summed E-state index contributed by atoms with van der Waals surface area (Å²) in [7, 11) is -3.22. The van der Waals surface area contributed by atoms with Gasteiger partial charge in [-0.2, -0.15) is 0 Å². The van der Waals surface area contributed by atoms with Crippen molar-refractivity contribution in [2.45, 2.75) is 24.8 Å². The Bertz CT molecular complexity index is 410. The van der Waals surface area contributed by atoms with Crippen LogP contribution in [0.4, 0.5) is 0 Å². The molecule has 78 valence electrons. The van der Waals surface area contributed by atoms with Crippen molar-refractivity contribution in [2.75, 3.05) is 5.75 Å². The minimum Gasteiger partial charge on any atom is -0.327 e. The Hall–Kier alpha value is -0.870. The van der Waals surface area contributed by atoms with Crippen LogP contribution in [-0.4, -0.2) is 20.2 Å². The van der Waals surface area contributed by atoms with E-state index >= 15 is 0 Å². The van der Waals surface area contributed by atoms with Crippen LogP contribution in [0.3, 0.4) is 0 Å². The molecule has 0 aliphatic heterocycles. The molecule has 0 saturated heterocycles. The number of rotatable bonds is 3. The van der Waals surface area contributed by atoms with Gasteiger partial charge in [-0.15, -0.1) is 0 Å². The summed E-state index contributed by atoms with van der Waals surface area (Å²) in [5.41, 5.74) is 6.26. The quantitative estimate of drug-likeness (QED) is 0.818. The summed E-state index contributed by atoms with van der Waals surface area (Å²) in [6.07, 6.45) is 0. The van der Waals surface area contributed by atoms with Gasteiger partial charge in [0, 0.05) is 6.04 Å². The summed E-state index contributed by atoms with van der Waals surface area (Å²) in [4.78, 5) is 0.386. The summed E-state index contributed by atoms with van der Waals surface area (Å²) in [5.74, 6) is -0.00213. The van der Waals surface area contributed by atoms with E-state index in [1.54, 1.807) is 32.0 Å². The number of nitrogens with two attached hydrogens (primary N) is 1. The van der Waals surface area contributed by atoms with Gasteiger partial charge in [-0.25, -0.2) is 8.42 Å². The van der Waals surface area contributed by atoms with Crippen LogP contribution < -0.4 is 5.73 Å². The highest BCUT2D eigenvalue weighted by molar-refractivity contribution is 7.91. The van der Waals surface area contributed by atoms with Gasteiger partial charge in [-0.1, -0.05) is 18.2 Å². The van der Waals surface area contributed by atoms with Crippen LogP contribution >= 0.6 is 0 Å². The van der Waals surface area contributed by atoms with E-state index < -0.39 is 9.84 Å². The van der Waals surface area contributed by atoms with Gasteiger partial charge in [0.2, 0.25) is 0 Å². The number of benzene rings is 1. The zero-order valence-corrected chi connectivity index (χ0v) is 9.21. The molecule has 0 fully saturated rings. The molecule has 0 saturated carbocycles. The lowest BCUT2D eigenvalue weighted by Crippen LogP contribution is -2.26. The predicted octanol–water partition coefficient (Wildman–Crippen LogP) is 1.12. The molecule has 0 aliphatic carbocycles. The molecule has 3 nitrogen and oxygen atoms in total. The third-order valence-corrected chi connectivity index (χ3v) is 4.00. The molecule has 1 aromatic carbocycles. The number of aryl methyl sites for hydroxylation is 1. The van der Waals surface area contributed by atoms with Gasteiger partial charge in [0.15, 0.2) is 9.84 Å². The van der Waals surface area contributed by atoms with E-state index in [0.717, 1.165) is 5.56 Å². The van der Waals surface area contributed by atoms with Crippen LogP contribution in [0.1, 0.15) is 12.5 Å². The predicted molar refractivity (Wildman–Crippen MR) is 56.9 cm³/mol. The molecule has 4 heteroatoms. The number of hydrogen-bond donors (Lipinski definition) is 1. The highest BCUT2D eigenvalue weighted by Crippen LogP contribution is 2.16. The minimum absolute atomic E-state index is 0.00213. The van der Waals surface area contributed by atoms with Crippen LogP contribution in [0.2, 0.25) is 0 Å². The van der Waals surface area contributed by atoms with Crippen LogP contribution in [0.25, 0.3) is 0 Å². The highest BCUT2D eigenvalue weighted by atomic mass is 32.2. The van der Waals surface area contributed by atoms with Gasteiger partial charge in [-0.3, -0.25) is 0 Å². The van der Waals surface area contributed by atoms with Crippen LogP contribution in [-0.2, 0) is 9.84 Å². The Morgan fingerprint density at radius 1 is 1.36 bits per heavy atom. The fraction of sp³-hybridized carbons (Fsp3) is 0.400. The van der Waals surface area contributed by atoms with Gasteiger partial charge in [0.05, 0.1) is 10.6 Å². The van der Waals surface area contributed by atoms with Crippen LogP contribution in [0, 0.1) is 6.92 Å². The second-order valence-corrected chi connectivity index (χ2v) is 5.53. The maximum absolute atomic E-state index is 11.8. The summed E-state index contributed by atoms with van der Waals surface area (Å²) in [6.45, 7) is 3.48. The smallest absolute Gasteiger partial charge is 0.180 e. The second-order valence-electron chi connectivity index (χ2n) is 3.52. The SMILES string of the molecule is Cc1ccccc1S(=O)(=O)CC(C)N. The normalized spacial score (nSPS) is 13.9. The Balaban J connectivity index is 3.11. The first kappa shape index (κ1) is 11.2. The summed E-state index contributed by atoms with van der Waals surface area (Å²) >= 11 is 0. The van der Waals surface area contributed by atoms with E-state index in [1.165, 1.54) is 0 Å². The van der Waals surface area contributed by atoms with E-state index in [4.69, 9.17) is 5.73 Å². The van der Waals surface area contributed by atoms with Crippen molar-refractivity contribution in [1.82, 2.24) is 0 Å². The van der Waals surface area contributed by atoms with Crippen molar-refractivity contribution in [3.8, 4) is 0 Å². The Kier molecular flexibility index (Phi) is 3.29. The van der Waals surface area contributed by atoms with Crippen molar-refractivity contribution in [2.24, 2.45) is 5.73 Å². The fourth-order valence-electron chi connectivity index (χ4n) is 1.34. The topological polar surface area (TPSA) is 60.2 Å². The van der Waals surface area contributed by atoms with Crippen molar-refractivity contribution < 1.29 is 8.42 Å². The Morgan fingerprint density at radius 2 is 1.93 bits per heavy atom. The average molecular weight is 213 g/mol. The zero-order valence-electron chi connectivity index (χ0n) is 8.40. The minimum atomic E-state index is -3.22. The van der Waals surface area contributed by atoms with Gasteiger partial charge in [0.1, 0.15) is 0 Å².